The van der Waals surface area contributed by atoms with Crippen LogP contribution in [0.15, 0.2) is 0 Å². The van der Waals surface area contributed by atoms with Crippen LogP contribution in [0.2, 0.25) is 0 Å². The van der Waals surface area contributed by atoms with Gasteiger partial charge in [-0.15, -0.1) is 0 Å². The van der Waals surface area contributed by atoms with Crippen LogP contribution < -0.4 is 5.32 Å². The fraction of sp³-hybridized carbons (Fsp3) is 1.00. The molecule has 0 amide bonds. The molecule has 0 bridgehead atoms. The van der Waals surface area contributed by atoms with Gasteiger partial charge in [0.2, 0.25) is 0 Å². The molecule has 0 radical (unpaired) electrons. The van der Waals surface area contributed by atoms with Gasteiger partial charge in [0.1, 0.15) is 0 Å². The number of nitrogens with zero attached hydrogens (tertiary/aromatic N) is 1. The molecule has 0 aliphatic carbocycles. The predicted octanol–water partition coefficient (Wildman–Crippen LogP) is 2.55. The van der Waals surface area contributed by atoms with E-state index in [0.717, 1.165) is 18.7 Å². The van der Waals surface area contributed by atoms with Crippen molar-refractivity contribution in [3.63, 3.8) is 0 Å². The second-order valence-electron chi connectivity index (χ2n) is 6.83. The molecule has 0 unspecified atom stereocenters. The fourth-order valence-electron chi connectivity index (χ4n) is 4.17. The zero-order valence-electron chi connectivity index (χ0n) is 12.4. The van der Waals surface area contributed by atoms with Crippen molar-refractivity contribution in [2.24, 2.45) is 0 Å². The SMILES string of the molecule is C[C@H](CC[C@H]1CCCO1)N[C@@H]1CCN2CCC[C@@H]2C1. The summed E-state index contributed by atoms with van der Waals surface area (Å²) in [6, 6.07) is 2.30. The van der Waals surface area contributed by atoms with Gasteiger partial charge in [-0.05, 0) is 71.4 Å². The first-order chi connectivity index (χ1) is 9.31. The molecule has 1 N–H and O–H groups in total. The zero-order valence-corrected chi connectivity index (χ0v) is 12.4. The maximum absolute atomic E-state index is 5.72. The van der Waals surface area contributed by atoms with Crippen LogP contribution in [0.4, 0.5) is 0 Å². The first kappa shape index (κ1) is 13.8. The van der Waals surface area contributed by atoms with E-state index in [2.05, 4.69) is 17.1 Å². The smallest absolute Gasteiger partial charge is 0.0576 e. The van der Waals surface area contributed by atoms with Gasteiger partial charge in [-0.1, -0.05) is 0 Å². The van der Waals surface area contributed by atoms with Gasteiger partial charge >= 0.3 is 0 Å². The summed E-state index contributed by atoms with van der Waals surface area (Å²) in [5.41, 5.74) is 0. The van der Waals surface area contributed by atoms with Crippen molar-refractivity contribution in [1.82, 2.24) is 10.2 Å². The molecule has 4 atom stereocenters. The number of nitrogens with one attached hydrogen (secondary N) is 1. The van der Waals surface area contributed by atoms with Crippen LogP contribution in [-0.2, 0) is 4.74 Å². The minimum absolute atomic E-state index is 0.556. The lowest BCUT2D eigenvalue weighted by Gasteiger charge is -2.36. The molecule has 110 valence electrons. The molecule has 3 rings (SSSR count). The summed E-state index contributed by atoms with van der Waals surface area (Å²) in [5.74, 6) is 0. The molecular weight excluding hydrogens is 236 g/mol. The highest BCUT2D eigenvalue weighted by Gasteiger charge is 2.31. The highest BCUT2D eigenvalue weighted by molar-refractivity contribution is 4.90. The normalized spacial score (nSPS) is 37.4. The third-order valence-electron chi connectivity index (χ3n) is 5.29. The monoisotopic (exact) mass is 266 g/mol. The van der Waals surface area contributed by atoms with Crippen LogP contribution >= 0.6 is 0 Å². The maximum atomic E-state index is 5.72. The number of rotatable bonds is 5. The Labute approximate surface area is 118 Å². The van der Waals surface area contributed by atoms with E-state index in [1.54, 1.807) is 0 Å². The molecule has 3 fully saturated rings. The van der Waals surface area contributed by atoms with Gasteiger partial charge in [0.05, 0.1) is 6.10 Å². The van der Waals surface area contributed by atoms with Gasteiger partial charge in [-0.2, -0.15) is 0 Å². The van der Waals surface area contributed by atoms with Crippen molar-refractivity contribution in [3.8, 4) is 0 Å². The summed E-state index contributed by atoms with van der Waals surface area (Å²) in [5, 5.41) is 3.87. The van der Waals surface area contributed by atoms with E-state index in [0.29, 0.717) is 12.1 Å². The van der Waals surface area contributed by atoms with Crippen LogP contribution in [-0.4, -0.2) is 48.8 Å². The van der Waals surface area contributed by atoms with Crippen LogP contribution in [0.25, 0.3) is 0 Å². The van der Waals surface area contributed by atoms with Crippen molar-refractivity contribution in [3.05, 3.63) is 0 Å². The Kier molecular flexibility index (Phi) is 4.78. The van der Waals surface area contributed by atoms with E-state index in [1.807, 2.05) is 0 Å². The molecule has 0 aromatic carbocycles. The Hall–Kier alpha value is -0.120. The quantitative estimate of drug-likeness (QED) is 0.827. The first-order valence-corrected chi connectivity index (χ1v) is 8.43. The Bertz CT molecular complexity index is 278. The average Bonchev–Trinajstić information content (AvgIpc) is 3.07. The number of hydrogen-bond acceptors (Lipinski definition) is 3. The number of ether oxygens (including phenoxy) is 1. The van der Waals surface area contributed by atoms with E-state index >= 15 is 0 Å². The topological polar surface area (TPSA) is 24.5 Å². The van der Waals surface area contributed by atoms with Crippen molar-refractivity contribution in [1.29, 1.82) is 0 Å². The summed E-state index contributed by atoms with van der Waals surface area (Å²) in [6.45, 7) is 6.02. The summed E-state index contributed by atoms with van der Waals surface area (Å²) < 4.78 is 5.72. The highest BCUT2D eigenvalue weighted by Crippen LogP contribution is 2.27. The van der Waals surface area contributed by atoms with E-state index < -0.39 is 0 Å². The fourth-order valence-corrected chi connectivity index (χ4v) is 4.17. The molecule has 3 aliphatic heterocycles. The zero-order chi connectivity index (χ0) is 13.1. The van der Waals surface area contributed by atoms with Crippen LogP contribution in [0, 0.1) is 0 Å². The Balaban J connectivity index is 1.36. The Morgan fingerprint density at radius 2 is 2.16 bits per heavy atom. The molecule has 0 spiro atoms. The average molecular weight is 266 g/mol. The highest BCUT2D eigenvalue weighted by atomic mass is 16.5. The summed E-state index contributed by atoms with van der Waals surface area (Å²) in [4.78, 5) is 2.70. The van der Waals surface area contributed by atoms with Crippen molar-refractivity contribution >= 4 is 0 Å². The standard InChI is InChI=1S/C16H30N2O/c1-13(6-7-16-5-3-11-19-16)17-14-8-10-18-9-2-4-15(18)12-14/h13-17H,2-12H2,1H3/t13-,14-,15-,16-/m1/s1. The second kappa shape index (κ2) is 6.55. The van der Waals surface area contributed by atoms with E-state index in [4.69, 9.17) is 4.74 Å². The van der Waals surface area contributed by atoms with Crippen LogP contribution in [0.5, 0.6) is 0 Å². The molecule has 3 saturated heterocycles. The molecule has 3 heterocycles. The first-order valence-electron chi connectivity index (χ1n) is 8.43. The molecule has 0 aromatic rings. The summed E-state index contributed by atoms with van der Waals surface area (Å²) >= 11 is 0. The summed E-state index contributed by atoms with van der Waals surface area (Å²) in [6.07, 6.45) is 11.2. The third-order valence-corrected chi connectivity index (χ3v) is 5.29. The predicted molar refractivity (Wildman–Crippen MR) is 78.4 cm³/mol. The number of piperidine rings is 1. The molecule has 3 heteroatoms. The van der Waals surface area contributed by atoms with Gasteiger partial charge in [0, 0.05) is 24.7 Å². The largest absolute Gasteiger partial charge is 0.378 e. The van der Waals surface area contributed by atoms with Gasteiger partial charge in [0.15, 0.2) is 0 Å². The van der Waals surface area contributed by atoms with Gasteiger partial charge in [0.25, 0.3) is 0 Å². The second-order valence-corrected chi connectivity index (χ2v) is 6.83. The van der Waals surface area contributed by atoms with E-state index in [1.165, 1.54) is 64.5 Å². The maximum Gasteiger partial charge on any atom is 0.0576 e. The third kappa shape index (κ3) is 3.71. The van der Waals surface area contributed by atoms with E-state index in [-0.39, 0.29) is 0 Å². The Morgan fingerprint density at radius 1 is 1.21 bits per heavy atom. The minimum atomic E-state index is 0.556. The molecule has 0 aromatic heterocycles. The summed E-state index contributed by atoms with van der Waals surface area (Å²) in [7, 11) is 0. The van der Waals surface area contributed by atoms with Gasteiger partial charge < -0.3 is 15.0 Å². The lowest BCUT2D eigenvalue weighted by Crippen LogP contribution is -2.48. The van der Waals surface area contributed by atoms with Crippen molar-refractivity contribution < 1.29 is 4.74 Å². The number of hydrogen-bond donors (Lipinski definition) is 1. The van der Waals surface area contributed by atoms with Crippen molar-refractivity contribution in [2.45, 2.75) is 82.5 Å². The molecule has 3 aliphatic rings. The molecule has 19 heavy (non-hydrogen) atoms. The number of fused-ring (bicyclic) bond motifs is 1. The van der Waals surface area contributed by atoms with Crippen LogP contribution in [0.1, 0.15) is 58.3 Å². The lowest BCUT2D eigenvalue weighted by molar-refractivity contribution is 0.0982. The minimum Gasteiger partial charge on any atom is -0.378 e. The lowest BCUT2D eigenvalue weighted by atomic mass is 9.96. The van der Waals surface area contributed by atoms with E-state index in [9.17, 15) is 0 Å². The van der Waals surface area contributed by atoms with Gasteiger partial charge in [-0.25, -0.2) is 0 Å². The molecule has 0 saturated carbocycles. The van der Waals surface area contributed by atoms with Crippen molar-refractivity contribution in [2.75, 3.05) is 19.7 Å². The van der Waals surface area contributed by atoms with Gasteiger partial charge in [-0.3, -0.25) is 0 Å². The molecule has 3 nitrogen and oxygen atoms in total. The van der Waals surface area contributed by atoms with Crippen LogP contribution in [0.3, 0.4) is 0 Å². The molecular formula is C16H30N2O. The Morgan fingerprint density at radius 3 is 3.00 bits per heavy atom.